The fraction of sp³-hybridized carbons (Fsp3) is 0.500. The Morgan fingerprint density at radius 3 is 2.81 bits per heavy atom. The molecule has 1 unspecified atom stereocenters. The number of hydrogen-bond donors (Lipinski definition) is 0. The minimum atomic E-state index is -0.489. The van der Waals surface area contributed by atoms with Gasteiger partial charge in [-0.15, -0.1) is 0 Å². The molecule has 0 radical (unpaired) electrons. The highest BCUT2D eigenvalue weighted by atomic mass is 16.5. The SMILES string of the molecule is Cc1nc2ccccn2c1CN1CCOC(C(=O)N(Cc2ccc3c(c2)OCCCO3)CC(C)C)C1. The molecule has 2 aliphatic heterocycles. The molecule has 192 valence electrons. The van der Waals surface area contributed by atoms with E-state index in [0.717, 1.165) is 53.6 Å². The summed E-state index contributed by atoms with van der Waals surface area (Å²) in [5.41, 5.74) is 4.16. The number of rotatable bonds is 7. The highest BCUT2D eigenvalue weighted by Gasteiger charge is 2.31. The largest absolute Gasteiger partial charge is 0.490 e. The highest BCUT2D eigenvalue weighted by molar-refractivity contribution is 5.81. The van der Waals surface area contributed by atoms with Crippen LogP contribution in [0.1, 0.15) is 37.2 Å². The molecule has 1 saturated heterocycles. The minimum absolute atomic E-state index is 0.0374. The molecule has 1 fully saturated rings. The van der Waals surface area contributed by atoms with Crippen LogP contribution in [-0.2, 0) is 22.6 Å². The maximum absolute atomic E-state index is 13.7. The molecule has 1 atom stereocenters. The molecule has 36 heavy (non-hydrogen) atoms. The Balaban J connectivity index is 1.29. The van der Waals surface area contributed by atoms with Crippen LogP contribution in [0.5, 0.6) is 11.5 Å². The van der Waals surface area contributed by atoms with E-state index in [4.69, 9.17) is 14.2 Å². The van der Waals surface area contributed by atoms with E-state index in [1.165, 1.54) is 0 Å². The summed E-state index contributed by atoms with van der Waals surface area (Å²) in [4.78, 5) is 22.6. The van der Waals surface area contributed by atoms with Crippen LogP contribution in [0.2, 0.25) is 0 Å². The quantitative estimate of drug-likeness (QED) is 0.501. The number of amides is 1. The molecular formula is C28H36N4O4. The monoisotopic (exact) mass is 492 g/mol. The lowest BCUT2D eigenvalue weighted by Crippen LogP contribution is -2.51. The van der Waals surface area contributed by atoms with Gasteiger partial charge in [-0.3, -0.25) is 9.69 Å². The van der Waals surface area contributed by atoms with E-state index in [2.05, 4.69) is 28.1 Å². The van der Waals surface area contributed by atoms with E-state index in [0.29, 0.717) is 45.4 Å². The van der Waals surface area contributed by atoms with Crippen LogP contribution in [-0.4, -0.2) is 70.7 Å². The van der Waals surface area contributed by atoms with E-state index in [-0.39, 0.29) is 5.91 Å². The van der Waals surface area contributed by atoms with E-state index in [1.807, 2.05) is 54.4 Å². The Morgan fingerprint density at radius 1 is 1.14 bits per heavy atom. The summed E-state index contributed by atoms with van der Waals surface area (Å²) in [6.07, 6.45) is 2.43. The van der Waals surface area contributed by atoms with E-state index < -0.39 is 6.10 Å². The number of carbonyl (C=O) groups is 1. The summed E-state index contributed by atoms with van der Waals surface area (Å²) >= 11 is 0. The standard InChI is InChI=1S/C28H36N4O4/c1-20(2)16-31(17-22-8-9-24-25(15-22)35-13-6-12-34-24)28(33)26-19-30(11-14-36-26)18-23-21(3)29-27-7-4-5-10-32(23)27/h4-5,7-10,15,20,26H,6,11-14,16-19H2,1-3H3. The van der Waals surface area contributed by atoms with Gasteiger partial charge in [0.2, 0.25) is 0 Å². The summed E-state index contributed by atoms with van der Waals surface area (Å²) in [6, 6.07) is 12.0. The summed E-state index contributed by atoms with van der Waals surface area (Å²) in [5, 5.41) is 0. The molecule has 8 heteroatoms. The van der Waals surface area contributed by atoms with Gasteiger partial charge in [0, 0.05) is 45.3 Å². The van der Waals surface area contributed by atoms with Crippen molar-refractivity contribution in [1.29, 1.82) is 0 Å². The molecule has 5 rings (SSSR count). The van der Waals surface area contributed by atoms with Crippen molar-refractivity contribution < 1.29 is 19.0 Å². The number of fused-ring (bicyclic) bond motifs is 2. The fourth-order valence-corrected chi connectivity index (χ4v) is 4.97. The van der Waals surface area contributed by atoms with Crippen molar-refractivity contribution in [2.24, 2.45) is 5.92 Å². The molecule has 8 nitrogen and oxygen atoms in total. The van der Waals surface area contributed by atoms with Crippen LogP contribution in [0, 0.1) is 12.8 Å². The van der Waals surface area contributed by atoms with Gasteiger partial charge < -0.3 is 23.5 Å². The Morgan fingerprint density at radius 2 is 1.97 bits per heavy atom. The first kappa shape index (κ1) is 24.6. The molecule has 0 spiro atoms. The molecule has 1 aromatic carbocycles. The summed E-state index contributed by atoms with van der Waals surface area (Å²) < 4.78 is 19.8. The van der Waals surface area contributed by atoms with Gasteiger partial charge in [-0.25, -0.2) is 4.98 Å². The molecular weight excluding hydrogens is 456 g/mol. The number of benzene rings is 1. The molecule has 2 aliphatic rings. The number of ether oxygens (including phenoxy) is 3. The molecule has 1 amide bonds. The lowest BCUT2D eigenvalue weighted by molar-refractivity contribution is -0.151. The molecule has 3 aromatic rings. The van der Waals surface area contributed by atoms with E-state index in [1.54, 1.807) is 0 Å². The number of pyridine rings is 1. The fourth-order valence-electron chi connectivity index (χ4n) is 4.97. The third-order valence-corrected chi connectivity index (χ3v) is 6.71. The maximum Gasteiger partial charge on any atom is 0.253 e. The van der Waals surface area contributed by atoms with Crippen molar-refractivity contribution in [2.45, 2.75) is 46.4 Å². The van der Waals surface area contributed by atoms with Gasteiger partial charge in [-0.1, -0.05) is 26.0 Å². The summed E-state index contributed by atoms with van der Waals surface area (Å²) in [6.45, 7) is 11.4. The van der Waals surface area contributed by atoms with Crippen LogP contribution >= 0.6 is 0 Å². The van der Waals surface area contributed by atoms with Crippen molar-refractivity contribution in [3.8, 4) is 11.5 Å². The zero-order valence-electron chi connectivity index (χ0n) is 21.5. The number of nitrogens with zero attached hydrogens (tertiary/aromatic N) is 4. The highest BCUT2D eigenvalue weighted by Crippen LogP contribution is 2.31. The van der Waals surface area contributed by atoms with Crippen molar-refractivity contribution in [3.05, 3.63) is 59.5 Å². The van der Waals surface area contributed by atoms with Crippen LogP contribution in [0.4, 0.5) is 0 Å². The zero-order valence-corrected chi connectivity index (χ0v) is 21.5. The Kier molecular flexibility index (Phi) is 7.43. The molecule has 2 aromatic heterocycles. The number of hydrogen-bond acceptors (Lipinski definition) is 6. The number of imidazole rings is 1. The average Bonchev–Trinajstić information content (AvgIpc) is 3.02. The first-order valence-corrected chi connectivity index (χ1v) is 12.9. The van der Waals surface area contributed by atoms with Crippen molar-refractivity contribution in [1.82, 2.24) is 19.2 Å². The van der Waals surface area contributed by atoms with Crippen molar-refractivity contribution in [2.75, 3.05) is 39.5 Å². The Bertz CT molecular complexity index is 1210. The molecule has 0 saturated carbocycles. The van der Waals surface area contributed by atoms with Crippen LogP contribution in [0.3, 0.4) is 0 Å². The lowest BCUT2D eigenvalue weighted by atomic mass is 10.1. The number of morpholine rings is 1. The van der Waals surface area contributed by atoms with Crippen molar-refractivity contribution >= 4 is 11.6 Å². The Labute approximate surface area is 212 Å². The van der Waals surface area contributed by atoms with Crippen molar-refractivity contribution in [3.63, 3.8) is 0 Å². The predicted octanol–water partition coefficient (Wildman–Crippen LogP) is 3.69. The van der Waals surface area contributed by atoms with E-state index >= 15 is 0 Å². The van der Waals surface area contributed by atoms with Gasteiger partial charge in [-0.2, -0.15) is 0 Å². The molecule has 0 aliphatic carbocycles. The topological polar surface area (TPSA) is 68.5 Å². The second-order valence-corrected chi connectivity index (χ2v) is 10.1. The molecule has 4 heterocycles. The zero-order chi connectivity index (χ0) is 25.1. The second-order valence-electron chi connectivity index (χ2n) is 10.1. The van der Waals surface area contributed by atoms with Gasteiger partial charge >= 0.3 is 0 Å². The molecule has 0 bridgehead atoms. The van der Waals surface area contributed by atoms with Crippen LogP contribution in [0.15, 0.2) is 42.6 Å². The molecule has 0 N–H and O–H groups in total. The van der Waals surface area contributed by atoms with Gasteiger partial charge in [0.15, 0.2) is 11.5 Å². The number of aromatic nitrogens is 2. The predicted molar refractivity (Wildman–Crippen MR) is 137 cm³/mol. The number of carbonyl (C=O) groups excluding carboxylic acids is 1. The van der Waals surface area contributed by atoms with Crippen LogP contribution in [0.25, 0.3) is 5.65 Å². The summed E-state index contributed by atoms with van der Waals surface area (Å²) in [7, 11) is 0. The van der Waals surface area contributed by atoms with Gasteiger partial charge in [0.1, 0.15) is 11.8 Å². The smallest absolute Gasteiger partial charge is 0.253 e. The van der Waals surface area contributed by atoms with Gasteiger partial charge in [-0.05, 0) is 42.7 Å². The number of aryl methyl sites for hydroxylation is 1. The van der Waals surface area contributed by atoms with E-state index in [9.17, 15) is 4.79 Å². The third kappa shape index (κ3) is 5.50. The normalized spacial score (nSPS) is 18.4. The summed E-state index contributed by atoms with van der Waals surface area (Å²) in [5.74, 6) is 1.91. The first-order chi connectivity index (χ1) is 17.5. The first-order valence-electron chi connectivity index (χ1n) is 12.9. The maximum atomic E-state index is 13.7. The van der Waals surface area contributed by atoms with Gasteiger partial charge in [0.25, 0.3) is 5.91 Å². The van der Waals surface area contributed by atoms with Crippen LogP contribution < -0.4 is 9.47 Å². The third-order valence-electron chi connectivity index (χ3n) is 6.71. The minimum Gasteiger partial charge on any atom is -0.490 e. The van der Waals surface area contributed by atoms with Gasteiger partial charge in [0.05, 0.1) is 31.2 Å². The second kappa shape index (κ2) is 10.9. The lowest BCUT2D eigenvalue weighted by Gasteiger charge is -2.35. The average molecular weight is 493 g/mol. The Hall–Kier alpha value is -3.10.